The third-order valence-corrected chi connectivity index (χ3v) is 6.08. The Labute approximate surface area is 188 Å². The molecular formula is C23H23F3N6O. The molecule has 0 radical (unpaired) electrons. The van der Waals surface area contributed by atoms with Crippen molar-refractivity contribution in [3.05, 3.63) is 54.2 Å². The third kappa shape index (κ3) is 3.89. The lowest BCUT2D eigenvalue weighted by Gasteiger charge is -2.31. The Bertz CT molecular complexity index is 1330. The predicted octanol–water partition coefficient (Wildman–Crippen LogP) is 3.98. The summed E-state index contributed by atoms with van der Waals surface area (Å²) in [5.74, 6) is 0.950. The van der Waals surface area contributed by atoms with Gasteiger partial charge >= 0.3 is 6.18 Å². The van der Waals surface area contributed by atoms with E-state index in [1.807, 2.05) is 18.2 Å². The number of benzene rings is 1. The topological polar surface area (TPSA) is 81.6 Å². The zero-order valence-electron chi connectivity index (χ0n) is 18.2. The van der Waals surface area contributed by atoms with E-state index in [1.54, 1.807) is 36.6 Å². The molecule has 0 aliphatic carbocycles. The number of methoxy groups -OCH3 is 1. The van der Waals surface area contributed by atoms with Gasteiger partial charge in [-0.05, 0) is 37.1 Å². The van der Waals surface area contributed by atoms with Crippen LogP contribution in [0.25, 0.3) is 28.1 Å². The minimum Gasteiger partial charge on any atom is -0.494 e. The fourth-order valence-electron chi connectivity index (χ4n) is 4.50. The first-order chi connectivity index (χ1) is 15.7. The van der Waals surface area contributed by atoms with Gasteiger partial charge in [-0.2, -0.15) is 13.2 Å². The van der Waals surface area contributed by atoms with Crippen LogP contribution in [0, 0.1) is 0 Å². The quantitative estimate of drug-likeness (QED) is 0.500. The molecule has 1 aliphatic rings. The Morgan fingerprint density at radius 3 is 2.64 bits per heavy atom. The van der Waals surface area contributed by atoms with Gasteiger partial charge < -0.3 is 10.5 Å². The van der Waals surface area contributed by atoms with Crippen molar-refractivity contribution in [2.75, 3.05) is 20.2 Å². The summed E-state index contributed by atoms with van der Waals surface area (Å²) < 4.78 is 49.5. The number of likely N-dealkylation sites (tertiary alicyclic amines) is 1. The van der Waals surface area contributed by atoms with E-state index in [0.717, 1.165) is 5.39 Å². The van der Waals surface area contributed by atoms with Crippen molar-refractivity contribution in [2.24, 2.45) is 5.73 Å². The highest BCUT2D eigenvalue weighted by molar-refractivity contribution is 5.86. The zero-order chi connectivity index (χ0) is 23.4. The van der Waals surface area contributed by atoms with Crippen LogP contribution in [0.15, 0.2) is 48.7 Å². The second kappa shape index (κ2) is 7.67. The average molecular weight is 456 g/mol. The first-order valence-corrected chi connectivity index (χ1v) is 10.5. The van der Waals surface area contributed by atoms with Gasteiger partial charge in [0.05, 0.1) is 7.11 Å². The third-order valence-electron chi connectivity index (χ3n) is 6.08. The predicted molar refractivity (Wildman–Crippen MR) is 118 cm³/mol. The molecule has 0 saturated carbocycles. The zero-order valence-corrected chi connectivity index (χ0v) is 18.2. The normalized spacial score (nSPS) is 20.5. The summed E-state index contributed by atoms with van der Waals surface area (Å²) in [4.78, 5) is 6.05. The summed E-state index contributed by atoms with van der Waals surface area (Å²) in [7, 11) is 1.56. The number of pyridine rings is 2. The van der Waals surface area contributed by atoms with Crippen molar-refractivity contribution in [3.8, 4) is 17.3 Å². The van der Waals surface area contributed by atoms with E-state index in [2.05, 4.69) is 15.2 Å². The second-order valence-electron chi connectivity index (χ2n) is 8.76. The maximum atomic E-state index is 14.2. The van der Waals surface area contributed by atoms with Gasteiger partial charge in [0, 0.05) is 30.2 Å². The second-order valence-corrected chi connectivity index (χ2v) is 8.76. The van der Waals surface area contributed by atoms with Gasteiger partial charge in [0.1, 0.15) is 23.0 Å². The van der Waals surface area contributed by atoms with Gasteiger partial charge in [-0.1, -0.05) is 24.3 Å². The number of halogens is 3. The molecule has 2 atom stereocenters. The number of ether oxygens (including phenoxy) is 1. The smallest absolute Gasteiger partial charge is 0.408 e. The van der Waals surface area contributed by atoms with Crippen LogP contribution in [0.1, 0.15) is 24.9 Å². The summed E-state index contributed by atoms with van der Waals surface area (Å²) in [6, 6.07) is 10.4. The van der Waals surface area contributed by atoms with Crippen molar-refractivity contribution in [3.63, 3.8) is 0 Å². The maximum absolute atomic E-state index is 14.2. The van der Waals surface area contributed by atoms with E-state index in [-0.39, 0.29) is 18.7 Å². The van der Waals surface area contributed by atoms with E-state index >= 15 is 0 Å². The molecule has 10 heteroatoms. The van der Waals surface area contributed by atoms with Gasteiger partial charge in [-0.15, -0.1) is 10.2 Å². The number of hydrogen-bond donors (Lipinski definition) is 1. The molecule has 1 aliphatic heterocycles. The van der Waals surface area contributed by atoms with Crippen LogP contribution < -0.4 is 10.5 Å². The molecule has 4 heterocycles. The van der Waals surface area contributed by atoms with Crippen LogP contribution in [-0.2, 0) is 0 Å². The fourth-order valence-corrected chi connectivity index (χ4v) is 4.50. The largest absolute Gasteiger partial charge is 0.494 e. The molecule has 3 aromatic heterocycles. The number of hydrogen-bond acceptors (Lipinski definition) is 6. The minimum absolute atomic E-state index is 0.104. The molecule has 5 rings (SSSR count). The molecule has 0 amide bonds. The molecular weight excluding hydrogens is 433 g/mol. The van der Waals surface area contributed by atoms with Crippen LogP contribution in [0.2, 0.25) is 0 Å². The minimum atomic E-state index is -4.46. The maximum Gasteiger partial charge on any atom is 0.408 e. The van der Waals surface area contributed by atoms with Crippen LogP contribution in [0.5, 0.6) is 5.75 Å². The van der Waals surface area contributed by atoms with Crippen molar-refractivity contribution < 1.29 is 17.9 Å². The first kappa shape index (κ1) is 21.6. The summed E-state index contributed by atoms with van der Waals surface area (Å²) in [5.41, 5.74) is 7.12. The summed E-state index contributed by atoms with van der Waals surface area (Å²) >= 11 is 0. The Hall–Kier alpha value is -3.24. The van der Waals surface area contributed by atoms with Crippen molar-refractivity contribution in [2.45, 2.75) is 31.1 Å². The monoisotopic (exact) mass is 456 g/mol. The van der Waals surface area contributed by atoms with Crippen LogP contribution >= 0.6 is 0 Å². The molecule has 0 bridgehead atoms. The summed E-state index contributed by atoms with van der Waals surface area (Å²) in [6.45, 7) is 2.22. The highest BCUT2D eigenvalue weighted by atomic mass is 19.4. The van der Waals surface area contributed by atoms with Gasteiger partial charge in [0.2, 0.25) is 0 Å². The molecule has 1 aromatic carbocycles. The van der Waals surface area contributed by atoms with E-state index in [0.29, 0.717) is 34.9 Å². The van der Waals surface area contributed by atoms with Crippen LogP contribution in [0.3, 0.4) is 0 Å². The van der Waals surface area contributed by atoms with E-state index in [9.17, 15) is 13.2 Å². The van der Waals surface area contributed by atoms with Crippen molar-refractivity contribution in [1.82, 2.24) is 24.5 Å². The fraction of sp³-hybridized carbons (Fsp3) is 0.348. The van der Waals surface area contributed by atoms with E-state index in [4.69, 9.17) is 10.5 Å². The number of fused-ring (bicyclic) bond motifs is 2. The molecule has 172 valence electrons. The molecule has 33 heavy (non-hydrogen) atoms. The number of nitrogens with zero attached hydrogens (tertiary/aromatic N) is 5. The number of aromatic nitrogens is 4. The molecule has 2 N–H and O–H groups in total. The molecule has 1 fully saturated rings. The van der Waals surface area contributed by atoms with Crippen LogP contribution in [0.4, 0.5) is 13.2 Å². The SMILES string of the molecule is COc1cccc2ccc(-c3nnc4ccc([C@@H](N5CCC(C)(N)C5)C(F)(F)F)cn34)nc12. The molecule has 1 unspecified atom stereocenters. The van der Waals surface area contributed by atoms with E-state index in [1.165, 1.54) is 17.2 Å². The molecule has 1 saturated heterocycles. The van der Waals surface area contributed by atoms with Gasteiger partial charge in [0.15, 0.2) is 11.5 Å². The molecule has 7 nitrogen and oxygen atoms in total. The first-order valence-electron chi connectivity index (χ1n) is 10.5. The van der Waals surface area contributed by atoms with Gasteiger partial charge in [-0.25, -0.2) is 4.98 Å². The highest BCUT2D eigenvalue weighted by Gasteiger charge is 2.48. The van der Waals surface area contributed by atoms with Crippen molar-refractivity contribution in [1.29, 1.82) is 0 Å². The highest BCUT2D eigenvalue weighted by Crippen LogP contribution is 2.41. The molecule has 0 spiro atoms. The Kier molecular flexibility index (Phi) is 5.02. The Morgan fingerprint density at radius 1 is 1.12 bits per heavy atom. The van der Waals surface area contributed by atoms with Crippen molar-refractivity contribution >= 4 is 16.6 Å². The standard InChI is InChI=1S/C23H23F3N6O/c1-22(27)10-11-31(13-22)20(23(24,25)26)15-7-9-18-29-30-21(32(18)12-15)16-8-6-14-4-3-5-17(33-2)19(14)28-16/h3-9,12,20H,10-11,13,27H2,1-2H3/t20-,22?/m1/s1. The van der Waals surface area contributed by atoms with Gasteiger partial charge in [0.25, 0.3) is 0 Å². The number of para-hydroxylation sites is 1. The lowest BCUT2D eigenvalue weighted by molar-refractivity contribution is -0.184. The summed E-state index contributed by atoms with van der Waals surface area (Å²) in [6.07, 6.45) is -2.51. The summed E-state index contributed by atoms with van der Waals surface area (Å²) in [5, 5.41) is 9.21. The molecule has 4 aromatic rings. The van der Waals surface area contributed by atoms with E-state index < -0.39 is 17.8 Å². The number of nitrogens with two attached hydrogens (primary N) is 1. The van der Waals surface area contributed by atoms with Crippen LogP contribution in [-0.4, -0.2) is 56.4 Å². The Morgan fingerprint density at radius 2 is 1.94 bits per heavy atom. The van der Waals surface area contributed by atoms with Gasteiger partial charge in [-0.3, -0.25) is 9.30 Å². The lowest BCUT2D eigenvalue weighted by Crippen LogP contribution is -2.43. The Balaban J connectivity index is 1.61. The number of rotatable bonds is 4. The average Bonchev–Trinajstić information content (AvgIpc) is 3.34. The number of alkyl halides is 3. The lowest BCUT2D eigenvalue weighted by atomic mass is 10.0.